The third kappa shape index (κ3) is 5.17. The third-order valence-electron chi connectivity index (χ3n) is 5.11. The number of thiazole rings is 1. The molecule has 0 spiro atoms. The van der Waals surface area contributed by atoms with Crippen molar-refractivity contribution in [2.45, 2.75) is 19.4 Å². The Morgan fingerprint density at radius 2 is 2.06 bits per heavy atom. The van der Waals surface area contributed by atoms with Crippen LogP contribution in [-0.4, -0.2) is 31.2 Å². The van der Waals surface area contributed by atoms with Crippen LogP contribution in [0, 0.1) is 17.1 Å². The number of aromatic nitrogens is 1. The molecule has 0 amide bonds. The smallest absolute Gasteiger partial charge is 0.268 e. The number of ether oxygens (including phenoxy) is 1. The second-order valence-electron chi connectivity index (χ2n) is 7.51. The second-order valence-corrected chi connectivity index (χ2v) is 10.1. The van der Waals surface area contributed by atoms with E-state index in [4.69, 9.17) is 4.74 Å². The third-order valence-corrected chi connectivity index (χ3v) is 7.01. The highest BCUT2D eigenvalue weighted by molar-refractivity contribution is 7.85. The molecule has 2 heterocycles. The quantitative estimate of drug-likeness (QED) is 0.257. The summed E-state index contributed by atoms with van der Waals surface area (Å²) in [5.41, 5.74) is 1.33. The van der Waals surface area contributed by atoms with E-state index < -0.39 is 34.2 Å². The van der Waals surface area contributed by atoms with Gasteiger partial charge in [-0.2, -0.15) is 9.83 Å². The minimum Gasteiger partial charge on any atom is -0.748 e. The summed E-state index contributed by atoms with van der Waals surface area (Å²) in [5, 5.41) is 21.1. The normalized spacial score (nSPS) is 14.3. The maximum atomic E-state index is 13.9. The van der Waals surface area contributed by atoms with Crippen LogP contribution in [0.1, 0.15) is 23.4 Å². The van der Waals surface area contributed by atoms with Gasteiger partial charge >= 0.3 is 0 Å². The molecule has 0 saturated carbocycles. The fourth-order valence-corrected chi connectivity index (χ4v) is 5.26. The zero-order valence-corrected chi connectivity index (χ0v) is 19.2. The first kappa shape index (κ1) is 23.6. The number of nitriles is 1. The zero-order valence-electron chi connectivity index (χ0n) is 17.6. The molecule has 0 unspecified atom stereocenters. The van der Waals surface area contributed by atoms with Crippen LogP contribution >= 0.6 is 11.3 Å². The Hall–Kier alpha value is -3.53. The van der Waals surface area contributed by atoms with Gasteiger partial charge in [-0.15, -0.1) is 0 Å². The van der Waals surface area contributed by atoms with Gasteiger partial charge in [-0.25, -0.2) is 12.8 Å². The number of hydrogen-bond donors (Lipinski definition) is 0. The van der Waals surface area contributed by atoms with Crippen LogP contribution in [0.5, 0.6) is 5.75 Å². The molecule has 3 aromatic rings. The Bertz CT molecular complexity index is 1460. The molecule has 0 fully saturated rings. The summed E-state index contributed by atoms with van der Waals surface area (Å²) in [6.45, 7) is -0.224. The van der Waals surface area contributed by atoms with Gasteiger partial charge in [0.1, 0.15) is 16.5 Å². The predicted molar refractivity (Wildman–Crippen MR) is 118 cm³/mol. The molecule has 1 aliphatic heterocycles. The lowest BCUT2D eigenvalue weighted by Gasteiger charge is -2.18. The molecule has 0 saturated heterocycles. The zero-order chi connectivity index (χ0) is 24.5. The summed E-state index contributed by atoms with van der Waals surface area (Å²) >= 11 is 1.27. The number of halogens is 1. The minimum atomic E-state index is -4.35. The summed E-state index contributed by atoms with van der Waals surface area (Å²) < 4.78 is 54.8. The molecule has 34 heavy (non-hydrogen) atoms. The van der Waals surface area contributed by atoms with Gasteiger partial charge in [0.15, 0.2) is 12.3 Å². The van der Waals surface area contributed by atoms with Gasteiger partial charge in [0.05, 0.1) is 33.5 Å². The number of hydrogen-bond acceptors (Lipinski definition) is 9. The molecule has 0 bridgehead atoms. The van der Waals surface area contributed by atoms with Crippen LogP contribution < -0.4 is 19.3 Å². The van der Waals surface area contributed by atoms with Gasteiger partial charge in [0.2, 0.25) is 11.4 Å². The van der Waals surface area contributed by atoms with Crippen LogP contribution in [0.4, 0.5) is 10.1 Å². The molecule has 0 radical (unpaired) electrons. The van der Waals surface area contributed by atoms with E-state index in [0.717, 1.165) is 4.70 Å². The number of aliphatic carboxylic acids is 1. The lowest BCUT2D eigenvalue weighted by atomic mass is 10.2. The van der Waals surface area contributed by atoms with Crippen molar-refractivity contribution >= 4 is 49.4 Å². The van der Waals surface area contributed by atoms with E-state index >= 15 is 0 Å². The average molecular weight is 503 g/mol. The van der Waals surface area contributed by atoms with Crippen molar-refractivity contribution in [3.8, 4) is 11.8 Å². The molecular weight excluding hydrogens is 485 g/mol. The summed E-state index contributed by atoms with van der Waals surface area (Å²) in [6, 6.07) is 10.9. The molecule has 0 N–H and O–H groups in total. The number of rotatable bonds is 8. The van der Waals surface area contributed by atoms with Gasteiger partial charge in [-0.3, -0.25) is 0 Å². The van der Waals surface area contributed by atoms with Crippen LogP contribution in [0.2, 0.25) is 0 Å². The summed E-state index contributed by atoms with van der Waals surface area (Å²) in [7, 11) is -4.35. The van der Waals surface area contributed by atoms with Crippen molar-refractivity contribution in [1.82, 2.24) is 0 Å². The number of benzene rings is 2. The molecule has 0 aliphatic carbocycles. The maximum absolute atomic E-state index is 13.9. The first-order valence-electron chi connectivity index (χ1n) is 10.1. The fourth-order valence-electron chi connectivity index (χ4n) is 3.64. The molecule has 176 valence electrons. The van der Waals surface area contributed by atoms with Crippen molar-refractivity contribution in [3.05, 3.63) is 58.7 Å². The first-order valence-corrected chi connectivity index (χ1v) is 12.5. The molecular formula is C22H17FN3O6S2-. The minimum absolute atomic E-state index is 0.116. The van der Waals surface area contributed by atoms with Crippen molar-refractivity contribution in [2.24, 2.45) is 0 Å². The Labute approximate surface area is 198 Å². The topological polar surface area (TPSA) is 137 Å². The molecule has 9 nitrogen and oxygen atoms in total. The number of carboxylic acid groups (broad SMARTS) is 1. The Balaban J connectivity index is 1.73. The van der Waals surface area contributed by atoms with Crippen molar-refractivity contribution in [3.63, 3.8) is 0 Å². The Morgan fingerprint density at radius 1 is 1.26 bits per heavy atom. The van der Waals surface area contributed by atoms with E-state index in [1.165, 1.54) is 34.1 Å². The van der Waals surface area contributed by atoms with E-state index in [2.05, 4.69) is 0 Å². The van der Waals surface area contributed by atoms with E-state index in [1.807, 2.05) is 6.07 Å². The number of anilines is 1. The van der Waals surface area contributed by atoms with Gasteiger partial charge in [-0.1, -0.05) is 11.3 Å². The lowest BCUT2D eigenvalue weighted by molar-refractivity contribution is -0.663. The largest absolute Gasteiger partial charge is 0.748 e. The number of carbonyl (C=O) groups is 1. The molecule has 1 aliphatic rings. The summed E-state index contributed by atoms with van der Waals surface area (Å²) in [5.74, 6) is -1.67. The Morgan fingerprint density at radius 3 is 2.76 bits per heavy atom. The van der Waals surface area contributed by atoms with Crippen LogP contribution in [0.3, 0.4) is 0 Å². The van der Waals surface area contributed by atoms with Crippen molar-refractivity contribution in [2.75, 3.05) is 17.2 Å². The van der Waals surface area contributed by atoms with E-state index in [1.54, 1.807) is 29.2 Å². The van der Waals surface area contributed by atoms with Crippen molar-refractivity contribution in [1.29, 1.82) is 5.26 Å². The van der Waals surface area contributed by atoms with Crippen LogP contribution in [0.25, 0.3) is 16.3 Å². The van der Waals surface area contributed by atoms with Crippen LogP contribution in [0.15, 0.2) is 42.3 Å². The highest BCUT2D eigenvalue weighted by atomic mass is 32.2. The Kier molecular flexibility index (Phi) is 6.52. The number of carboxylic acids is 1. The predicted octanol–water partition coefficient (Wildman–Crippen LogP) is 1.47. The number of nitrogens with zero attached hydrogens (tertiary/aromatic N) is 3. The van der Waals surface area contributed by atoms with Crippen LogP contribution in [-0.2, 0) is 21.5 Å². The molecule has 4 rings (SSSR count). The standard InChI is InChI=1S/C22H18FN3O6S2/c23-15-4-5-18-16(10-15)25(7-1-2-8-34(29,30)31)20(32-18)11-21-26(13-22(27)28)17-9-14(12-24)3-6-19(17)33-21/h3-6,9-11H,1-2,7-8,13H2,(H-,27,28,29,30,31)/p-1. The number of fused-ring (bicyclic) bond motifs is 2. The fraction of sp³-hybridized carbons (Fsp3) is 0.227. The lowest BCUT2D eigenvalue weighted by Crippen LogP contribution is -2.45. The molecule has 12 heteroatoms. The monoisotopic (exact) mass is 502 g/mol. The first-order chi connectivity index (χ1) is 16.1. The van der Waals surface area contributed by atoms with E-state index in [0.29, 0.717) is 33.9 Å². The van der Waals surface area contributed by atoms with E-state index in [-0.39, 0.29) is 18.8 Å². The molecule has 1 aromatic heterocycles. The average Bonchev–Trinajstić information content (AvgIpc) is 3.27. The van der Waals surface area contributed by atoms with Crippen molar-refractivity contribution < 1.29 is 36.6 Å². The van der Waals surface area contributed by atoms with Gasteiger partial charge in [0.25, 0.3) is 5.01 Å². The molecule has 2 aromatic carbocycles. The van der Waals surface area contributed by atoms with Gasteiger partial charge < -0.3 is 24.1 Å². The summed E-state index contributed by atoms with van der Waals surface area (Å²) in [4.78, 5) is 13.1. The molecule has 0 atom stereocenters. The maximum Gasteiger partial charge on any atom is 0.268 e. The number of unbranched alkanes of at least 4 members (excludes halogenated alkanes) is 1. The number of carbonyl (C=O) groups excluding carboxylic acids is 1. The summed E-state index contributed by atoms with van der Waals surface area (Å²) in [6.07, 6.45) is 2.03. The second kappa shape index (κ2) is 9.38. The van der Waals surface area contributed by atoms with Gasteiger partial charge in [0, 0.05) is 24.4 Å². The van der Waals surface area contributed by atoms with Gasteiger partial charge in [-0.05, 0) is 37.1 Å². The SMILES string of the molecule is N#Cc1ccc2sc(C=C3Oc4ccc(F)cc4N3CCCCS(=O)(=O)[O-])[n+](CC(=O)[O-])c2c1. The highest BCUT2D eigenvalue weighted by Crippen LogP contribution is 2.40. The highest BCUT2D eigenvalue weighted by Gasteiger charge is 2.29. The van der Waals surface area contributed by atoms with E-state index in [9.17, 15) is 32.5 Å².